The van der Waals surface area contributed by atoms with Crippen LogP contribution in [0.5, 0.6) is 0 Å². The molecule has 3 aromatic heterocycles. The summed E-state index contributed by atoms with van der Waals surface area (Å²) in [6.45, 7) is 0. The van der Waals surface area contributed by atoms with Crippen molar-refractivity contribution in [2.75, 3.05) is 0 Å². The highest BCUT2D eigenvalue weighted by Gasteiger charge is 2.20. The minimum atomic E-state index is 0.803. The molecule has 10 rings (SSSR count). The van der Waals surface area contributed by atoms with Crippen molar-refractivity contribution in [3.63, 3.8) is 0 Å². The van der Waals surface area contributed by atoms with Gasteiger partial charge in [0.05, 0.1) is 22.1 Å². The van der Waals surface area contributed by atoms with E-state index in [1.54, 1.807) is 0 Å². The Morgan fingerprint density at radius 1 is 0.286 bits per heavy atom. The number of fused-ring (bicyclic) bond motifs is 6. The van der Waals surface area contributed by atoms with E-state index < -0.39 is 0 Å². The average molecular weight is 628 g/mol. The molecule has 7 aromatic carbocycles. The number of hydrogen-bond acceptors (Lipinski definition) is 2. The first kappa shape index (κ1) is 27.4. The predicted octanol–water partition coefficient (Wildman–Crippen LogP) is 10.8. The third-order valence-corrected chi connectivity index (χ3v) is 9.57. The summed E-state index contributed by atoms with van der Waals surface area (Å²) in [6.07, 6.45) is 0. The molecule has 10 aromatic rings. The Bertz CT molecular complexity index is 2770. The quantitative estimate of drug-likeness (QED) is 0.190. The van der Waals surface area contributed by atoms with Gasteiger partial charge in [0.25, 0.3) is 0 Å². The second-order valence-corrected chi connectivity index (χ2v) is 12.4. The molecule has 0 N–H and O–H groups in total. The van der Waals surface area contributed by atoms with Crippen molar-refractivity contribution in [2.24, 2.45) is 0 Å². The molecule has 0 bridgehead atoms. The first-order valence-corrected chi connectivity index (χ1v) is 16.5. The van der Waals surface area contributed by atoms with Crippen molar-refractivity contribution in [3.05, 3.63) is 176 Å². The topological polar surface area (TPSA) is 40.6 Å². The van der Waals surface area contributed by atoms with Gasteiger partial charge in [-0.3, -0.25) is 4.57 Å². The molecule has 5 nitrogen and oxygen atoms in total. The molecule has 0 atom stereocenters. The Labute approximate surface area is 282 Å². The highest BCUT2D eigenvalue weighted by molar-refractivity contribution is 6.11. The van der Waals surface area contributed by atoms with E-state index in [0.717, 1.165) is 50.9 Å². The van der Waals surface area contributed by atoms with Gasteiger partial charge in [-0.1, -0.05) is 109 Å². The average Bonchev–Trinajstić information content (AvgIpc) is 3.86. The van der Waals surface area contributed by atoms with Crippen LogP contribution in [0.15, 0.2) is 176 Å². The summed E-state index contributed by atoms with van der Waals surface area (Å²) in [4.78, 5) is 0. The lowest BCUT2D eigenvalue weighted by molar-refractivity contribution is 1.07. The van der Waals surface area contributed by atoms with Crippen LogP contribution >= 0.6 is 0 Å². The molecule has 0 saturated heterocycles. The lowest BCUT2D eigenvalue weighted by atomic mass is 10.1. The zero-order valence-electron chi connectivity index (χ0n) is 26.5. The normalized spacial score (nSPS) is 11.7. The predicted molar refractivity (Wildman–Crippen MR) is 201 cm³/mol. The number of para-hydroxylation sites is 4. The van der Waals surface area contributed by atoms with Gasteiger partial charge in [0, 0.05) is 49.7 Å². The van der Waals surface area contributed by atoms with Gasteiger partial charge in [0.2, 0.25) is 0 Å². The fourth-order valence-corrected chi connectivity index (χ4v) is 7.43. The van der Waals surface area contributed by atoms with E-state index in [0.29, 0.717) is 0 Å². The van der Waals surface area contributed by atoms with Crippen LogP contribution in [-0.4, -0.2) is 23.9 Å². The highest BCUT2D eigenvalue weighted by Crippen LogP contribution is 2.38. The van der Waals surface area contributed by atoms with Crippen LogP contribution < -0.4 is 0 Å². The summed E-state index contributed by atoms with van der Waals surface area (Å²) >= 11 is 0. The molecule has 230 valence electrons. The van der Waals surface area contributed by atoms with Crippen molar-refractivity contribution >= 4 is 43.6 Å². The fourth-order valence-electron chi connectivity index (χ4n) is 7.43. The first-order valence-electron chi connectivity index (χ1n) is 16.5. The summed E-state index contributed by atoms with van der Waals surface area (Å²) in [5, 5.41) is 14.4. The molecule has 0 fully saturated rings. The molecule has 0 aliphatic rings. The van der Waals surface area contributed by atoms with Crippen LogP contribution in [0.1, 0.15) is 0 Å². The Balaban J connectivity index is 1.17. The SMILES string of the molecule is c1ccc(-c2nnc(-c3ccc4c(c3)c3ccccc3n4-c3cccc(-n4c5ccccc5c5ccccc54)c3)n2-c2ccccc2)cc1. The standard InChI is InChI=1S/C44H29N5/c1-3-14-30(15-4-1)43-45-46-44(49(43)32-16-5-2-6-17-32)31-26-27-42-38(28-31)37-22-9-12-25-41(37)48(42)34-19-13-18-33(29-34)47-39-23-10-7-20-35(39)36-21-8-11-24-40(36)47/h1-29H. The summed E-state index contributed by atoms with van der Waals surface area (Å²) in [6, 6.07) is 62.1. The largest absolute Gasteiger partial charge is 0.309 e. The summed E-state index contributed by atoms with van der Waals surface area (Å²) in [5.74, 6) is 1.61. The molecule has 0 unspecified atom stereocenters. The van der Waals surface area contributed by atoms with Gasteiger partial charge < -0.3 is 9.13 Å². The maximum Gasteiger partial charge on any atom is 0.168 e. The Hall–Kier alpha value is -6.72. The summed E-state index contributed by atoms with van der Waals surface area (Å²) in [7, 11) is 0. The maximum atomic E-state index is 4.78. The van der Waals surface area contributed by atoms with Gasteiger partial charge in [-0.15, -0.1) is 10.2 Å². The summed E-state index contributed by atoms with van der Waals surface area (Å²) < 4.78 is 6.91. The van der Waals surface area contributed by atoms with Crippen LogP contribution in [0, 0.1) is 0 Å². The Kier molecular flexibility index (Phi) is 6.11. The van der Waals surface area contributed by atoms with Crippen LogP contribution in [0.2, 0.25) is 0 Å². The van der Waals surface area contributed by atoms with Gasteiger partial charge in [0.1, 0.15) is 0 Å². The number of benzene rings is 7. The third-order valence-electron chi connectivity index (χ3n) is 9.57. The van der Waals surface area contributed by atoms with Crippen LogP contribution in [0.25, 0.3) is 83.4 Å². The number of rotatable bonds is 5. The van der Waals surface area contributed by atoms with E-state index in [4.69, 9.17) is 10.2 Å². The second kappa shape index (κ2) is 10.9. The molecule has 0 radical (unpaired) electrons. The number of aromatic nitrogens is 5. The van der Waals surface area contributed by atoms with Crippen molar-refractivity contribution in [3.8, 4) is 39.8 Å². The van der Waals surface area contributed by atoms with E-state index in [1.165, 1.54) is 32.6 Å². The number of nitrogens with zero attached hydrogens (tertiary/aromatic N) is 5. The van der Waals surface area contributed by atoms with E-state index >= 15 is 0 Å². The van der Waals surface area contributed by atoms with E-state index in [2.05, 4.69) is 165 Å². The molecule has 5 heteroatoms. The van der Waals surface area contributed by atoms with Crippen LogP contribution in [-0.2, 0) is 0 Å². The lowest BCUT2D eigenvalue weighted by Gasteiger charge is -2.13. The minimum absolute atomic E-state index is 0.803. The molecule has 0 aliphatic heterocycles. The molecular formula is C44H29N5. The van der Waals surface area contributed by atoms with Crippen molar-refractivity contribution in [2.45, 2.75) is 0 Å². The van der Waals surface area contributed by atoms with E-state index in [-0.39, 0.29) is 0 Å². The maximum absolute atomic E-state index is 4.78. The monoisotopic (exact) mass is 627 g/mol. The fraction of sp³-hybridized carbons (Fsp3) is 0. The van der Waals surface area contributed by atoms with Crippen molar-refractivity contribution < 1.29 is 0 Å². The van der Waals surface area contributed by atoms with E-state index in [1.807, 2.05) is 24.3 Å². The highest BCUT2D eigenvalue weighted by atomic mass is 15.3. The van der Waals surface area contributed by atoms with Crippen molar-refractivity contribution in [1.29, 1.82) is 0 Å². The smallest absolute Gasteiger partial charge is 0.168 e. The van der Waals surface area contributed by atoms with Crippen LogP contribution in [0.3, 0.4) is 0 Å². The number of hydrogen-bond donors (Lipinski definition) is 0. The zero-order valence-corrected chi connectivity index (χ0v) is 26.5. The van der Waals surface area contributed by atoms with Gasteiger partial charge in [-0.2, -0.15) is 0 Å². The van der Waals surface area contributed by atoms with Gasteiger partial charge in [-0.05, 0) is 66.7 Å². The van der Waals surface area contributed by atoms with Gasteiger partial charge in [0.15, 0.2) is 11.6 Å². The molecule has 0 amide bonds. The molecular weight excluding hydrogens is 599 g/mol. The van der Waals surface area contributed by atoms with Crippen LogP contribution in [0.4, 0.5) is 0 Å². The molecule has 3 heterocycles. The first-order chi connectivity index (χ1) is 24.3. The van der Waals surface area contributed by atoms with Gasteiger partial charge in [-0.25, -0.2) is 0 Å². The van der Waals surface area contributed by atoms with Gasteiger partial charge >= 0.3 is 0 Å². The summed E-state index contributed by atoms with van der Waals surface area (Å²) in [5.41, 5.74) is 9.97. The lowest BCUT2D eigenvalue weighted by Crippen LogP contribution is -2.00. The second-order valence-electron chi connectivity index (χ2n) is 12.4. The third kappa shape index (κ3) is 4.26. The Morgan fingerprint density at radius 2 is 0.735 bits per heavy atom. The minimum Gasteiger partial charge on any atom is -0.309 e. The zero-order chi connectivity index (χ0) is 32.3. The Morgan fingerprint density at radius 3 is 1.33 bits per heavy atom. The molecule has 0 spiro atoms. The molecule has 49 heavy (non-hydrogen) atoms. The van der Waals surface area contributed by atoms with E-state index in [9.17, 15) is 0 Å². The molecule has 0 aliphatic carbocycles. The molecule has 0 saturated carbocycles. The van der Waals surface area contributed by atoms with Crippen molar-refractivity contribution in [1.82, 2.24) is 23.9 Å².